The van der Waals surface area contributed by atoms with Gasteiger partial charge in [-0.05, 0) is 45.1 Å². The first-order valence-corrected chi connectivity index (χ1v) is 12.0. The van der Waals surface area contributed by atoms with Gasteiger partial charge in [-0.25, -0.2) is 0 Å². The van der Waals surface area contributed by atoms with Gasteiger partial charge in [0.25, 0.3) is 5.91 Å². The number of likely N-dealkylation sites (tertiary alicyclic amines) is 1. The fourth-order valence-electron chi connectivity index (χ4n) is 5.07. The molecule has 7 heteroatoms. The Morgan fingerprint density at radius 2 is 1.94 bits per heavy atom. The Labute approximate surface area is 191 Å². The van der Waals surface area contributed by atoms with Gasteiger partial charge in [-0.1, -0.05) is 25.0 Å². The summed E-state index contributed by atoms with van der Waals surface area (Å²) >= 11 is 0. The number of nitrogens with one attached hydrogen (secondary N) is 1. The lowest BCUT2D eigenvalue weighted by Gasteiger charge is -2.26. The number of methoxy groups -OCH3 is 2. The standard InChI is InChI=1S/C25H36N4O3/c1-4-29-21-13-12-19(26-17-18-10-9-11-22(31-2)24(18)32-3)16-20(21)23(27-29)25(30)28-14-7-5-6-8-15-28/h9-11,19,26H,4-8,12-17H2,1-3H3. The van der Waals surface area contributed by atoms with Gasteiger partial charge >= 0.3 is 0 Å². The van der Waals surface area contributed by atoms with Crippen molar-refractivity contribution < 1.29 is 14.3 Å². The molecule has 0 radical (unpaired) electrons. The van der Waals surface area contributed by atoms with Crippen LogP contribution in [0.1, 0.15) is 66.3 Å². The molecular formula is C25H36N4O3. The average Bonchev–Trinajstić information content (AvgIpc) is 2.98. The van der Waals surface area contributed by atoms with Crippen molar-refractivity contribution in [3.63, 3.8) is 0 Å². The third-order valence-corrected chi connectivity index (χ3v) is 6.81. The Morgan fingerprint density at radius 3 is 2.62 bits per heavy atom. The fraction of sp³-hybridized carbons (Fsp3) is 0.600. The summed E-state index contributed by atoms with van der Waals surface area (Å²) in [6.07, 6.45) is 7.41. The molecule has 0 saturated carbocycles. The molecule has 1 aliphatic heterocycles. The molecule has 174 valence electrons. The number of ether oxygens (including phenoxy) is 2. The lowest BCUT2D eigenvalue weighted by Crippen LogP contribution is -2.36. The molecule has 1 amide bonds. The molecule has 1 saturated heterocycles. The van der Waals surface area contributed by atoms with E-state index in [1.807, 2.05) is 21.7 Å². The monoisotopic (exact) mass is 440 g/mol. The molecule has 1 aromatic carbocycles. The van der Waals surface area contributed by atoms with Crippen molar-refractivity contribution in [2.45, 2.75) is 71.0 Å². The number of carbonyl (C=O) groups is 1. The largest absolute Gasteiger partial charge is 0.493 e. The van der Waals surface area contributed by atoms with Crippen molar-refractivity contribution in [2.75, 3.05) is 27.3 Å². The topological polar surface area (TPSA) is 68.6 Å². The fourth-order valence-corrected chi connectivity index (χ4v) is 5.07. The maximum atomic E-state index is 13.4. The van der Waals surface area contributed by atoms with E-state index in [0.717, 1.165) is 74.4 Å². The van der Waals surface area contributed by atoms with Gasteiger partial charge in [-0.2, -0.15) is 5.10 Å². The van der Waals surface area contributed by atoms with Crippen molar-refractivity contribution >= 4 is 5.91 Å². The average molecular weight is 441 g/mol. The number of amides is 1. The molecule has 1 aromatic heterocycles. The predicted molar refractivity (Wildman–Crippen MR) is 124 cm³/mol. The second-order valence-corrected chi connectivity index (χ2v) is 8.77. The van der Waals surface area contributed by atoms with Crippen LogP contribution in [-0.4, -0.2) is 53.9 Å². The Bertz CT molecular complexity index is 932. The Hall–Kier alpha value is -2.54. The van der Waals surface area contributed by atoms with Crippen LogP contribution in [0.5, 0.6) is 11.5 Å². The highest BCUT2D eigenvalue weighted by molar-refractivity contribution is 5.94. The number of hydrogen-bond acceptors (Lipinski definition) is 5. The van der Waals surface area contributed by atoms with Crippen LogP contribution in [0.4, 0.5) is 0 Å². The summed E-state index contributed by atoms with van der Waals surface area (Å²) in [7, 11) is 3.33. The minimum atomic E-state index is 0.116. The van der Waals surface area contributed by atoms with Crippen molar-refractivity contribution in [2.24, 2.45) is 0 Å². The maximum Gasteiger partial charge on any atom is 0.274 e. The number of rotatable bonds is 7. The van der Waals surface area contributed by atoms with Crippen LogP contribution in [0, 0.1) is 0 Å². The van der Waals surface area contributed by atoms with Gasteiger partial charge in [-0.15, -0.1) is 0 Å². The first-order valence-electron chi connectivity index (χ1n) is 12.0. The minimum Gasteiger partial charge on any atom is -0.493 e. The Morgan fingerprint density at radius 1 is 1.16 bits per heavy atom. The minimum absolute atomic E-state index is 0.116. The molecule has 1 fully saturated rings. The second kappa shape index (κ2) is 10.4. The van der Waals surface area contributed by atoms with Gasteiger partial charge in [0.1, 0.15) is 0 Å². The number of hydrogen-bond donors (Lipinski definition) is 1. The molecule has 1 N–H and O–H groups in total. The molecule has 4 rings (SSSR count). The van der Waals surface area contributed by atoms with Crippen LogP contribution in [0.2, 0.25) is 0 Å². The van der Waals surface area contributed by atoms with E-state index in [-0.39, 0.29) is 5.91 Å². The summed E-state index contributed by atoms with van der Waals surface area (Å²) in [6, 6.07) is 6.25. The molecule has 0 bridgehead atoms. The van der Waals surface area contributed by atoms with Crippen LogP contribution in [0.15, 0.2) is 18.2 Å². The molecule has 2 heterocycles. The zero-order valence-electron chi connectivity index (χ0n) is 19.7. The zero-order valence-corrected chi connectivity index (χ0v) is 19.7. The molecule has 1 unspecified atom stereocenters. The molecular weight excluding hydrogens is 404 g/mol. The van der Waals surface area contributed by atoms with Crippen LogP contribution in [0.3, 0.4) is 0 Å². The summed E-state index contributed by atoms with van der Waals surface area (Å²) in [5.74, 6) is 1.63. The number of benzene rings is 1. The van der Waals surface area contributed by atoms with Crippen LogP contribution in [-0.2, 0) is 25.9 Å². The van der Waals surface area contributed by atoms with E-state index in [0.29, 0.717) is 18.3 Å². The van der Waals surface area contributed by atoms with Crippen molar-refractivity contribution in [1.29, 1.82) is 0 Å². The SMILES string of the molecule is CCn1nc(C(=O)N2CCCCCC2)c2c1CCC(NCc1cccc(OC)c1OC)C2. The molecule has 2 aromatic rings. The summed E-state index contributed by atoms with van der Waals surface area (Å²) < 4.78 is 13.1. The summed E-state index contributed by atoms with van der Waals surface area (Å²) in [5.41, 5.74) is 4.13. The van der Waals surface area contributed by atoms with Crippen LogP contribution < -0.4 is 14.8 Å². The smallest absolute Gasteiger partial charge is 0.274 e. The van der Waals surface area contributed by atoms with E-state index in [1.54, 1.807) is 14.2 Å². The van der Waals surface area contributed by atoms with Gasteiger partial charge < -0.3 is 19.7 Å². The van der Waals surface area contributed by atoms with Crippen LogP contribution in [0.25, 0.3) is 0 Å². The number of fused-ring (bicyclic) bond motifs is 1. The Balaban J connectivity index is 1.50. The number of carbonyl (C=O) groups excluding carboxylic acids is 1. The molecule has 1 atom stereocenters. The number of nitrogens with zero attached hydrogens (tertiary/aromatic N) is 3. The molecule has 7 nitrogen and oxygen atoms in total. The van der Waals surface area contributed by atoms with E-state index in [2.05, 4.69) is 18.3 Å². The highest BCUT2D eigenvalue weighted by atomic mass is 16.5. The first-order chi connectivity index (χ1) is 15.7. The van der Waals surface area contributed by atoms with E-state index >= 15 is 0 Å². The van der Waals surface area contributed by atoms with Gasteiger partial charge in [0, 0.05) is 49.0 Å². The van der Waals surface area contributed by atoms with E-state index in [4.69, 9.17) is 14.6 Å². The third kappa shape index (κ3) is 4.63. The number of aryl methyl sites for hydroxylation is 1. The van der Waals surface area contributed by atoms with E-state index in [9.17, 15) is 4.79 Å². The lowest BCUT2D eigenvalue weighted by atomic mass is 9.90. The zero-order chi connectivity index (χ0) is 22.5. The van der Waals surface area contributed by atoms with Crippen molar-refractivity contribution in [1.82, 2.24) is 20.0 Å². The maximum absolute atomic E-state index is 13.4. The molecule has 2 aliphatic rings. The molecule has 32 heavy (non-hydrogen) atoms. The molecule has 1 aliphatic carbocycles. The summed E-state index contributed by atoms with van der Waals surface area (Å²) in [5, 5.41) is 8.47. The van der Waals surface area contributed by atoms with E-state index in [1.165, 1.54) is 18.5 Å². The summed E-state index contributed by atoms with van der Waals surface area (Å²) in [4.78, 5) is 15.4. The quantitative estimate of drug-likeness (QED) is 0.713. The van der Waals surface area contributed by atoms with Gasteiger partial charge in [0.05, 0.1) is 14.2 Å². The predicted octanol–water partition coefficient (Wildman–Crippen LogP) is 3.58. The van der Waals surface area contributed by atoms with E-state index < -0.39 is 0 Å². The first kappa shape index (κ1) is 22.6. The number of aromatic nitrogens is 2. The van der Waals surface area contributed by atoms with Crippen molar-refractivity contribution in [3.05, 3.63) is 40.7 Å². The second-order valence-electron chi connectivity index (χ2n) is 8.77. The third-order valence-electron chi connectivity index (χ3n) is 6.81. The highest BCUT2D eigenvalue weighted by Crippen LogP contribution is 2.31. The molecule has 0 spiro atoms. The van der Waals surface area contributed by atoms with Gasteiger partial charge in [0.2, 0.25) is 0 Å². The normalized spacial score (nSPS) is 18.7. The van der Waals surface area contributed by atoms with Gasteiger partial charge in [-0.3, -0.25) is 9.48 Å². The van der Waals surface area contributed by atoms with Crippen molar-refractivity contribution in [3.8, 4) is 11.5 Å². The number of para-hydroxylation sites is 1. The van der Waals surface area contributed by atoms with Crippen LogP contribution >= 0.6 is 0 Å². The Kier molecular flexibility index (Phi) is 7.35. The lowest BCUT2D eigenvalue weighted by molar-refractivity contribution is 0.0753. The highest BCUT2D eigenvalue weighted by Gasteiger charge is 2.31. The summed E-state index contributed by atoms with van der Waals surface area (Å²) in [6.45, 7) is 5.30. The van der Waals surface area contributed by atoms with Gasteiger partial charge in [0.15, 0.2) is 17.2 Å².